The van der Waals surface area contributed by atoms with Crippen LogP contribution in [-0.2, 0) is 17.6 Å². The first-order chi connectivity index (χ1) is 17.4. The highest BCUT2D eigenvalue weighted by atomic mass is 19.1. The molecule has 0 atom stereocenters. The van der Waals surface area contributed by atoms with Gasteiger partial charge in [-0.2, -0.15) is 0 Å². The molecule has 0 fully saturated rings. The molecule has 5 rings (SSSR count). The van der Waals surface area contributed by atoms with Crippen molar-refractivity contribution in [2.75, 3.05) is 24.2 Å². The first-order valence-electron chi connectivity index (χ1n) is 11.7. The van der Waals surface area contributed by atoms with E-state index in [2.05, 4.69) is 20.6 Å². The van der Waals surface area contributed by atoms with E-state index in [1.807, 2.05) is 36.4 Å². The van der Waals surface area contributed by atoms with Crippen LogP contribution in [-0.4, -0.2) is 40.3 Å². The number of nitrogens with zero attached hydrogens (tertiary/aromatic N) is 2. The number of likely N-dealkylation sites (N-methyl/N-ethyl adjacent to an activating group) is 1. The number of nitrogens with one attached hydrogen (secondary N) is 3. The number of benzene rings is 2. The Bertz CT molecular complexity index is 1450. The van der Waals surface area contributed by atoms with E-state index in [0.717, 1.165) is 28.2 Å². The molecule has 2 aromatic heterocycles. The molecule has 3 heterocycles. The summed E-state index contributed by atoms with van der Waals surface area (Å²) in [5, 5.41) is 6.24. The number of H-pyrrole nitrogens is 1. The molecule has 0 bridgehead atoms. The number of rotatable bonds is 6. The molecule has 36 heavy (non-hydrogen) atoms. The average molecular weight is 484 g/mol. The van der Waals surface area contributed by atoms with Gasteiger partial charge in [0.2, 0.25) is 5.91 Å². The summed E-state index contributed by atoms with van der Waals surface area (Å²) in [5.41, 5.74) is 5.79. The summed E-state index contributed by atoms with van der Waals surface area (Å²) in [6, 6.07) is 17.9. The zero-order chi connectivity index (χ0) is 25.2. The molecular weight excluding hydrogens is 457 g/mol. The van der Waals surface area contributed by atoms with Gasteiger partial charge in [0, 0.05) is 43.2 Å². The molecule has 0 saturated carbocycles. The summed E-state index contributed by atoms with van der Waals surface area (Å²) in [6.45, 7) is 2.30. The Balaban J connectivity index is 1.45. The van der Waals surface area contributed by atoms with Crippen molar-refractivity contribution < 1.29 is 14.0 Å². The number of anilines is 3. The molecule has 182 valence electrons. The van der Waals surface area contributed by atoms with Gasteiger partial charge in [0.1, 0.15) is 11.6 Å². The van der Waals surface area contributed by atoms with Crippen LogP contribution in [0.5, 0.6) is 0 Å². The van der Waals surface area contributed by atoms with Crippen LogP contribution in [0.4, 0.5) is 21.6 Å². The predicted octanol–water partition coefficient (Wildman–Crippen LogP) is 5.08. The maximum atomic E-state index is 13.5. The number of carbonyl (C=O) groups is 2. The van der Waals surface area contributed by atoms with Gasteiger partial charge in [-0.25, -0.2) is 9.37 Å². The molecule has 2 amide bonds. The van der Waals surface area contributed by atoms with E-state index in [9.17, 15) is 14.0 Å². The summed E-state index contributed by atoms with van der Waals surface area (Å²) in [5.74, 6) is -0.213. The Morgan fingerprint density at radius 3 is 2.72 bits per heavy atom. The van der Waals surface area contributed by atoms with Crippen LogP contribution in [0.15, 0.2) is 66.9 Å². The van der Waals surface area contributed by atoms with Crippen molar-refractivity contribution in [3.8, 4) is 11.3 Å². The van der Waals surface area contributed by atoms with E-state index in [0.29, 0.717) is 35.6 Å². The van der Waals surface area contributed by atoms with E-state index in [-0.39, 0.29) is 24.1 Å². The SMILES string of the molecule is Cc1cc(CC(=O)Nc2cc(-c3[nH]c4c(c3Nc3ccccc3)C(=O)N(C)CC4)ccn2)ccc1F. The van der Waals surface area contributed by atoms with Crippen LogP contribution >= 0.6 is 0 Å². The van der Waals surface area contributed by atoms with Gasteiger partial charge in [-0.15, -0.1) is 0 Å². The number of hydrogen-bond acceptors (Lipinski definition) is 4. The van der Waals surface area contributed by atoms with Gasteiger partial charge in [0.15, 0.2) is 0 Å². The van der Waals surface area contributed by atoms with Crippen LogP contribution in [0, 0.1) is 12.7 Å². The third-order valence-electron chi connectivity index (χ3n) is 6.28. The fourth-order valence-corrected chi connectivity index (χ4v) is 4.40. The average Bonchev–Trinajstić information content (AvgIpc) is 3.23. The molecule has 1 aliphatic rings. The van der Waals surface area contributed by atoms with Crippen molar-refractivity contribution in [2.45, 2.75) is 19.8 Å². The quantitative estimate of drug-likeness (QED) is 0.357. The second-order valence-electron chi connectivity index (χ2n) is 8.93. The summed E-state index contributed by atoms with van der Waals surface area (Å²) in [6.07, 6.45) is 2.44. The molecule has 2 aromatic carbocycles. The van der Waals surface area contributed by atoms with E-state index >= 15 is 0 Å². The molecule has 8 heteroatoms. The second kappa shape index (κ2) is 9.65. The third-order valence-corrected chi connectivity index (χ3v) is 6.28. The molecule has 7 nitrogen and oxygen atoms in total. The summed E-state index contributed by atoms with van der Waals surface area (Å²) in [7, 11) is 1.80. The van der Waals surface area contributed by atoms with Crippen molar-refractivity contribution in [3.05, 3.63) is 95.1 Å². The highest BCUT2D eigenvalue weighted by Crippen LogP contribution is 2.38. The maximum absolute atomic E-state index is 13.5. The molecule has 0 unspecified atom stereocenters. The second-order valence-corrected chi connectivity index (χ2v) is 8.93. The smallest absolute Gasteiger partial charge is 0.257 e. The van der Waals surface area contributed by atoms with Gasteiger partial charge in [-0.05, 0) is 48.4 Å². The van der Waals surface area contributed by atoms with E-state index in [1.165, 1.54) is 6.07 Å². The molecule has 3 N–H and O–H groups in total. The topological polar surface area (TPSA) is 90.1 Å². The van der Waals surface area contributed by atoms with Crippen LogP contribution in [0.3, 0.4) is 0 Å². The number of aromatic amines is 1. The lowest BCUT2D eigenvalue weighted by Gasteiger charge is -2.23. The standard InChI is InChI=1S/C28H26FN5O2/c1-17-14-18(8-9-21(17)29)15-24(35)33-23-16-19(10-12-30-23)26-27(31-20-6-4-3-5-7-20)25-22(32-26)11-13-34(2)28(25)36/h3-10,12,14,16,31-32H,11,13,15H2,1-2H3,(H,30,33,35). The lowest BCUT2D eigenvalue weighted by Crippen LogP contribution is -2.34. The number of hydrogen-bond donors (Lipinski definition) is 3. The van der Waals surface area contributed by atoms with Crippen LogP contribution < -0.4 is 10.6 Å². The number of aromatic nitrogens is 2. The number of para-hydroxylation sites is 1. The summed E-state index contributed by atoms with van der Waals surface area (Å²) >= 11 is 0. The summed E-state index contributed by atoms with van der Waals surface area (Å²) in [4.78, 5) is 35.2. The predicted molar refractivity (Wildman–Crippen MR) is 138 cm³/mol. The Kier molecular flexibility index (Phi) is 6.25. The fourth-order valence-electron chi connectivity index (χ4n) is 4.40. The zero-order valence-corrected chi connectivity index (χ0v) is 20.1. The molecule has 0 aliphatic carbocycles. The number of amides is 2. The lowest BCUT2D eigenvalue weighted by atomic mass is 10.0. The van der Waals surface area contributed by atoms with Gasteiger partial charge in [0.05, 0.1) is 23.4 Å². The van der Waals surface area contributed by atoms with Gasteiger partial charge in [0.25, 0.3) is 5.91 Å². The Hall–Kier alpha value is -4.46. The number of aryl methyl sites for hydroxylation is 1. The van der Waals surface area contributed by atoms with Crippen LogP contribution in [0.25, 0.3) is 11.3 Å². The molecule has 4 aromatic rings. The minimum atomic E-state index is -0.299. The van der Waals surface area contributed by atoms with Gasteiger partial charge in [-0.1, -0.05) is 30.3 Å². The Morgan fingerprint density at radius 2 is 1.94 bits per heavy atom. The molecule has 1 aliphatic heterocycles. The number of fused-ring (bicyclic) bond motifs is 1. The van der Waals surface area contributed by atoms with Crippen molar-refractivity contribution >= 4 is 29.0 Å². The largest absolute Gasteiger partial charge is 0.356 e. The zero-order valence-electron chi connectivity index (χ0n) is 20.1. The van der Waals surface area contributed by atoms with Crippen LogP contribution in [0.1, 0.15) is 27.2 Å². The van der Waals surface area contributed by atoms with E-state index in [1.54, 1.807) is 43.3 Å². The lowest BCUT2D eigenvalue weighted by molar-refractivity contribution is -0.115. The van der Waals surface area contributed by atoms with Crippen molar-refractivity contribution in [1.29, 1.82) is 0 Å². The van der Waals surface area contributed by atoms with Gasteiger partial charge >= 0.3 is 0 Å². The summed E-state index contributed by atoms with van der Waals surface area (Å²) < 4.78 is 13.5. The first kappa shape index (κ1) is 23.3. The van der Waals surface area contributed by atoms with E-state index in [4.69, 9.17) is 0 Å². The molecule has 0 saturated heterocycles. The highest BCUT2D eigenvalue weighted by molar-refractivity contribution is 6.06. The molecule has 0 spiro atoms. The molecule has 0 radical (unpaired) electrons. The number of pyridine rings is 1. The number of halogens is 1. The van der Waals surface area contributed by atoms with Crippen LogP contribution in [0.2, 0.25) is 0 Å². The maximum Gasteiger partial charge on any atom is 0.257 e. The fraction of sp³-hybridized carbons (Fsp3) is 0.179. The molecular formula is C28H26FN5O2. The first-order valence-corrected chi connectivity index (χ1v) is 11.7. The minimum absolute atomic E-state index is 0.0469. The highest BCUT2D eigenvalue weighted by Gasteiger charge is 2.30. The van der Waals surface area contributed by atoms with Crippen molar-refractivity contribution in [1.82, 2.24) is 14.9 Å². The third kappa shape index (κ3) is 4.70. The van der Waals surface area contributed by atoms with Crippen molar-refractivity contribution in [2.24, 2.45) is 0 Å². The number of carbonyl (C=O) groups excluding carboxylic acids is 2. The minimum Gasteiger partial charge on any atom is -0.356 e. The van der Waals surface area contributed by atoms with E-state index < -0.39 is 0 Å². The Morgan fingerprint density at radius 1 is 1.14 bits per heavy atom. The monoisotopic (exact) mass is 483 g/mol. The van der Waals surface area contributed by atoms with Crippen molar-refractivity contribution in [3.63, 3.8) is 0 Å². The Labute approximate surface area is 208 Å². The van der Waals surface area contributed by atoms with Gasteiger partial charge < -0.3 is 20.5 Å². The normalized spacial score (nSPS) is 12.9. The van der Waals surface area contributed by atoms with Gasteiger partial charge in [-0.3, -0.25) is 9.59 Å².